The molecule has 0 aromatic carbocycles. The number of hydrogen-bond acceptors (Lipinski definition) is 7. The Kier molecular flexibility index (Phi) is 8.24. The highest BCUT2D eigenvalue weighted by atomic mass is 35.5. The van der Waals surface area contributed by atoms with Gasteiger partial charge in [0.1, 0.15) is 6.10 Å². The van der Waals surface area contributed by atoms with Gasteiger partial charge in [-0.1, -0.05) is 38.8 Å². The van der Waals surface area contributed by atoms with Gasteiger partial charge >= 0.3 is 0 Å². The van der Waals surface area contributed by atoms with Gasteiger partial charge in [0.05, 0.1) is 42.5 Å². The van der Waals surface area contributed by atoms with Gasteiger partial charge in [0.15, 0.2) is 5.75 Å². The first kappa shape index (κ1) is 24.7. The Morgan fingerprint density at radius 2 is 1.88 bits per heavy atom. The van der Waals surface area contributed by atoms with Crippen molar-refractivity contribution in [2.45, 2.75) is 52.6 Å². The van der Waals surface area contributed by atoms with E-state index in [1.807, 2.05) is 12.3 Å². The van der Waals surface area contributed by atoms with Crippen LogP contribution in [0, 0.1) is 11.8 Å². The van der Waals surface area contributed by atoms with E-state index >= 15 is 0 Å². The zero-order valence-electron chi connectivity index (χ0n) is 20.8. The molecule has 0 bridgehead atoms. The monoisotopic (exact) mass is 488 g/mol. The molecule has 2 aromatic rings. The Balaban J connectivity index is 1.46. The van der Waals surface area contributed by atoms with E-state index in [1.165, 1.54) is 6.42 Å². The van der Waals surface area contributed by atoms with Crippen LogP contribution in [0.3, 0.4) is 0 Å². The van der Waals surface area contributed by atoms with E-state index in [-0.39, 0.29) is 12.0 Å². The molecule has 2 aromatic heterocycles. The molecule has 0 amide bonds. The first-order valence-electron chi connectivity index (χ1n) is 12.5. The number of nitrogens with zero attached hydrogens (tertiary/aromatic N) is 4. The van der Waals surface area contributed by atoms with Crippen LogP contribution in [-0.4, -0.2) is 56.0 Å². The zero-order valence-corrected chi connectivity index (χ0v) is 21.6. The molecule has 4 rings (SSSR count). The fraction of sp³-hybridized carbons (Fsp3) is 0.615. The third-order valence-corrected chi connectivity index (χ3v) is 7.09. The topological polar surface area (TPSA) is 60.0 Å². The summed E-state index contributed by atoms with van der Waals surface area (Å²) in [7, 11) is 1.62. The smallest absolute Gasteiger partial charge is 0.257 e. The van der Waals surface area contributed by atoms with Crippen molar-refractivity contribution < 1.29 is 14.2 Å². The van der Waals surface area contributed by atoms with E-state index in [0.717, 1.165) is 62.6 Å². The standard InChI is InChI=1S/C26H37ClN4O3/c1-5-6-11-33-24-12-20(30-9-7-18(2)16-30)14-29-26(24)34-23-8-10-31(17-19(23)3)22-13-25(32-4)28-15-21(22)27/h12-15,18-19,23H,5-11,16-17H2,1-4H3. The minimum Gasteiger partial charge on any atom is -0.488 e. The van der Waals surface area contributed by atoms with E-state index in [0.29, 0.717) is 29.3 Å². The van der Waals surface area contributed by atoms with Crippen molar-refractivity contribution in [3.8, 4) is 17.5 Å². The number of methoxy groups -OCH3 is 1. The van der Waals surface area contributed by atoms with Gasteiger partial charge < -0.3 is 24.0 Å². The van der Waals surface area contributed by atoms with Crippen LogP contribution >= 0.6 is 11.6 Å². The molecule has 0 N–H and O–H groups in total. The number of aromatic nitrogens is 2. The predicted octanol–water partition coefficient (Wildman–Crippen LogP) is 5.46. The first-order chi connectivity index (χ1) is 16.5. The Morgan fingerprint density at radius 3 is 2.59 bits per heavy atom. The number of ether oxygens (including phenoxy) is 3. The molecule has 0 aliphatic carbocycles. The van der Waals surface area contributed by atoms with Crippen LogP contribution in [0.4, 0.5) is 11.4 Å². The van der Waals surface area contributed by atoms with Crippen LogP contribution < -0.4 is 24.0 Å². The van der Waals surface area contributed by atoms with Gasteiger partial charge in [0.2, 0.25) is 5.88 Å². The van der Waals surface area contributed by atoms with Crippen molar-refractivity contribution >= 4 is 23.0 Å². The van der Waals surface area contributed by atoms with Crippen LogP contribution in [0.1, 0.15) is 46.5 Å². The van der Waals surface area contributed by atoms with Gasteiger partial charge in [-0.15, -0.1) is 0 Å². The van der Waals surface area contributed by atoms with Crippen molar-refractivity contribution in [2.75, 3.05) is 49.7 Å². The second-order valence-corrected chi connectivity index (χ2v) is 9.99. The fourth-order valence-corrected chi connectivity index (χ4v) is 4.93. The Bertz CT molecular complexity index is 960. The molecular formula is C26H37ClN4O3. The van der Waals surface area contributed by atoms with Crippen LogP contribution in [-0.2, 0) is 0 Å². The molecule has 4 heterocycles. The zero-order chi connectivity index (χ0) is 24.1. The quantitative estimate of drug-likeness (QED) is 0.434. The molecule has 0 saturated carbocycles. The highest BCUT2D eigenvalue weighted by molar-refractivity contribution is 6.33. The van der Waals surface area contributed by atoms with E-state index in [2.05, 4.69) is 41.6 Å². The maximum absolute atomic E-state index is 6.48. The maximum Gasteiger partial charge on any atom is 0.257 e. The highest BCUT2D eigenvalue weighted by Crippen LogP contribution is 2.36. The Hall–Kier alpha value is -2.41. The lowest BCUT2D eigenvalue weighted by Gasteiger charge is -2.38. The third-order valence-electron chi connectivity index (χ3n) is 6.80. The summed E-state index contributed by atoms with van der Waals surface area (Å²) in [6, 6.07) is 4.01. The van der Waals surface area contributed by atoms with Gasteiger partial charge in [-0.3, -0.25) is 0 Å². The molecule has 0 radical (unpaired) electrons. The Labute approximate surface area is 208 Å². The van der Waals surface area contributed by atoms with Gasteiger partial charge in [0.25, 0.3) is 5.88 Å². The van der Waals surface area contributed by atoms with Crippen LogP contribution in [0.25, 0.3) is 0 Å². The molecule has 2 aliphatic heterocycles. The summed E-state index contributed by atoms with van der Waals surface area (Å²) in [4.78, 5) is 13.6. The molecule has 3 unspecified atom stereocenters. The number of halogens is 1. The molecule has 3 atom stereocenters. The van der Waals surface area contributed by atoms with Crippen LogP contribution in [0.15, 0.2) is 24.5 Å². The highest BCUT2D eigenvalue weighted by Gasteiger charge is 2.30. The van der Waals surface area contributed by atoms with Crippen molar-refractivity contribution in [1.82, 2.24) is 9.97 Å². The average Bonchev–Trinajstić information content (AvgIpc) is 3.28. The number of anilines is 2. The summed E-state index contributed by atoms with van der Waals surface area (Å²) >= 11 is 6.44. The molecule has 186 valence electrons. The van der Waals surface area contributed by atoms with Crippen LogP contribution in [0.2, 0.25) is 5.02 Å². The van der Waals surface area contributed by atoms with Crippen molar-refractivity contribution in [3.05, 3.63) is 29.5 Å². The summed E-state index contributed by atoms with van der Waals surface area (Å²) in [6.45, 7) is 11.1. The predicted molar refractivity (Wildman–Crippen MR) is 137 cm³/mol. The Morgan fingerprint density at radius 1 is 1.06 bits per heavy atom. The molecule has 2 fully saturated rings. The molecule has 34 heavy (non-hydrogen) atoms. The third kappa shape index (κ3) is 5.80. The van der Waals surface area contributed by atoms with E-state index in [9.17, 15) is 0 Å². The molecule has 0 spiro atoms. The fourth-order valence-electron chi connectivity index (χ4n) is 4.71. The molecule has 2 aliphatic rings. The molecule has 2 saturated heterocycles. The SMILES string of the molecule is CCCCOc1cc(N2CCC(C)C2)cnc1OC1CCN(c2cc(OC)ncc2Cl)CC1C. The summed E-state index contributed by atoms with van der Waals surface area (Å²) < 4.78 is 17.9. The van der Waals surface area contributed by atoms with Gasteiger partial charge in [-0.2, -0.15) is 0 Å². The number of hydrogen-bond donors (Lipinski definition) is 0. The largest absolute Gasteiger partial charge is 0.488 e. The minimum absolute atomic E-state index is 0.0532. The van der Waals surface area contributed by atoms with E-state index in [1.54, 1.807) is 13.3 Å². The normalized spacial score (nSPS) is 22.7. The second-order valence-electron chi connectivity index (χ2n) is 9.59. The average molecular weight is 489 g/mol. The van der Waals surface area contributed by atoms with Gasteiger partial charge in [0, 0.05) is 50.7 Å². The number of rotatable bonds is 9. The maximum atomic E-state index is 6.48. The summed E-state index contributed by atoms with van der Waals surface area (Å²) in [5, 5.41) is 0.632. The van der Waals surface area contributed by atoms with Gasteiger partial charge in [-0.25, -0.2) is 9.97 Å². The summed E-state index contributed by atoms with van der Waals surface area (Å²) in [5.74, 6) is 2.91. The first-order valence-corrected chi connectivity index (χ1v) is 12.8. The molecule has 8 heteroatoms. The van der Waals surface area contributed by atoms with E-state index in [4.69, 9.17) is 30.8 Å². The van der Waals surface area contributed by atoms with Crippen molar-refractivity contribution in [3.63, 3.8) is 0 Å². The van der Waals surface area contributed by atoms with Crippen LogP contribution in [0.5, 0.6) is 17.5 Å². The number of pyridine rings is 2. The summed E-state index contributed by atoms with van der Waals surface area (Å²) in [5.41, 5.74) is 2.07. The summed E-state index contributed by atoms with van der Waals surface area (Å²) in [6.07, 6.45) is 7.81. The minimum atomic E-state index is 0.0532. The van der Waals surface area contributed by atoms with E-state index < -0.39 is 0 Å². The lowest BCUT2D eigenvalue weighted by atomic mass is 9.96. The number of piperidine rings is 1. The van der Waals surface area contributed by atoms with Crippen molar-refractivity contribution in [1.29, 1.82) is 0 Å². The molecule has 7 nitrogen and oxygen atoms in total. The lowest BCUT2D eigenvalue weighted by molar-refractivity contribution is 0.110. The van der Waals surface area contributed by atoms with Crippen molar-refractivity contribution in [2.24, 2.45) is 11.8 Å². The van der Waals surface area contributed by atoms with Gasteiger partial charge in [-0.05, 0) is 18.8 Å². The second kappa shape index (κ2) is 11.3. The molecular weight excluding hydrogens is 452 g/mol. The lowest BCUT2D eigenvalue weighted by Crippen LogP contribution is -2.44. The number of unbranched alkanes of at least 4 members (excludes halogenated alkanes) is 1.